The third-order valence-corrected chi connectivity index (χ3v) is 3.46. The van der Waals surface area contributed by atoms with E-state index in [4.69, 9.17) is 4.42 Å². The van der Waals surface area contributed by atoms with E-state index >= 15 is 0 Å². The van der Waals surface area contributed by atoms with Crippen molar-refractivity contribution in [2.75, 3.05) is 0 Å². The van der Waals surface area contributed by atoms with Crippen molar-refractivity contribution in [3.8, 4) is 6.07 Å². The summed E-state index contributed by atoms with van der Waals surface area (Å²) in [6.07, 6.45) is 3.13. The number of furan rings is 1. The lowest BCUT2D eigenvalue weighted by molar-refractivity contribution is -0.117. The Morgan fingerprint density at radius 1 is 1.26 bits per heavy atom. The van der Waals surface area contributed by atoms with E-state index in [1.165, 1.54) is 5.56 Å². The van der Waals surface area contributed by atoms with Crippen molar-refractivity contribution in [3.63, 3.8) is 0 Å². The first-order valence-corrected chi connectivity index (χ1v) is 7.43. The average Bonchev–Trinajstić information content (AvgIpc) is 3.03. The highest BCUT2D eigenvalue weighted by molar-refractivity contribution is 6.01. The molecule has 23 heavy (non-hydrogen) atoms. The van der Waals surface area contributed by atoms with E-state index in [1.807, 2.05) is 30.3 Å². The number of nitrogens with zero attached hydrogens (tertiary/aromatic N) is 1. The van der Waals surface area contributed by atoms with Crippen LogP contribution >= 0.6 is 0 Å². The van der Waals surface area contributed by atoms with Gasteiger partial charge in [-0.05, 0) is 34.8 Å². The van der Waals surface area contributed by atoms with Gasteiger partial charge in [0.25, 0.3) is 5.91 Å². The first kappa shape index (κ1) is 16.6. The number of nitrogens with one attached hydrogen (secondary N) is 1. The Hall–Kier alpha value is -2.80. The van der Waals surface area contributed by atoms with Crippen LogP contribution in [-0.2, 0) is 16.8 Å². The molecule has 1 N–H and O–H groups in total. The smallest absolute Gasteiger partial charge is 0.262 e. The molecule has 4 heteroatoms. The molecule has 0 radical (unpaired) electrons. The van der Waals surface area contributed by atoms with Crippen LogP contribution in [0.3, 0.4) is 0 Å². The van der Waals surface area contributed by atoms with Gasteiger partial charge in [0, 0.05) is 0 Å². The van der Waals surface area contributed by atoms with E-state index in [0.717, 1.165) is 5.56 Å². The van der Waals surface area contributed by atoms with Gasteiger partial charge in [0.05, 0.1) is 12.8 Å². The largest absolute Gasteiger partial charge is 0.467 e. The summed E-state index contributed by atoms with van der Waals surface area (Å²) < 4.78 is 5.14. The predicted molar refractivity (Wildman–Crippen MR) is 89.3 cm³/mol. The standard InChI is InChI=1S/C19H20N2O2/c1-19(2,3)16-8-6-14(7-9-16)11-15(12-20)18(22)21-13-17-5-4-10-23-17/h4-11H,13H2,1-3H3,(H,21,22). The topological polar surface area (TPSA) is 66.0 Å². The van der Waals surface area contributed by atoms with E-state index in [2.05, 4.69) is 26.1 Å². The molecule has 2 rings (SSSR count). The van der Waals surface area contributed by atoms with Crippen molar-refractivity contribution in [2.24, 2.45) is 0 Å². The molecule has 0 atom stereocenters. The van der Waals surface area contributed by atoms with Gasteiger partial charge in [-0.15, -0.1) is 0 Å². The van der Waals surface area contributed by atoms with E-state index in [9.17, 15) is 10.1 Å². The summed E-state index contributed by atoms with van der Waals surface area (Å²) in [5.74, 6) is 0.231. The third kappa shape index (κ3) is 4.58. The molecule has 0 fully saturated rings. The van der Waals surface area contributed by atoms with Gasteiger partial charge < -0.3 is 9.73 Å². The van der Waals surface area contributed by atoms with Crippen LogP contribution in [0.25, 0.3) is 6.08 Å². The zero-order valence-electron chi connectivity index (χ0n) is 13.6. The molecular weight excluding hydrogens is 288 g/mol. The van der Waals surface area contributed by atoms with Crippen molar-refractivity contribution >= 4 is 12.0 Å². The van der Waals surface area contributed by atoms with Crippen molar-refractivity contribution in [1.82, 2.24) is 5.32 Å². The van der Waals surface area contributed by atoms with E-state index in [-0.39, 0.29) is 17.5 Å². The molecule has 0 saturated carbocycles. The van der Waals surface area contributed by atoms with Crippen molar-refractivity contribution < 1.29 is 9.21 Å². The third-order valence-electron chi connectivity index (χ3n) is 3.46. The summed E-state index contributed by atoms with van der Waals surface area (Å²) in [6.45, 7) is 6.68. The summed E-state index contributed by atoms with van der Waals surface area (Å²) in [4.78, 5) is 12.1. The molecule has 0 spiro atoms. The molecule has 118 valence electrons. The van der Waals surface area contributed by atoms with Gasteiger partial charge in [0.15, 0.2) is 0 Å². The Labute approximate surface area is 136 Å². The molecule has 1 aromatic heterocycles. The number of hydrogen-bond donors (Lipinski definition) is 1. The van der Waals surface area contributed by atoms with Crippen LogP contribution in [0.2, 0.25) is 0 Å². The molecular formula is C19H20N2O2. The number of carbonyl (C=O) groups is 1. The van der Waals surface area contributed by atoms with Gasteiger partial charge in [-0.2, -0.15) is 5.26 Å². The number of nitriles is 1. The van der Waals surface area contributed by atoms with Gasteiger partial charge >= 0.3 is 0 Å². The predicted octanol–water partition coefficient (Wildman–Crippen LogP) is 3.80. The maximum Gasteiger partial charge on any atom is 0.262 e. The second-order valence-electron chi connectivity index (χ2n) is 6.30. The van der Waals surface area contributed by atoms with Gasteiger partial charge in [-0.25, -0.2) is 0 Å². The summed E-state index contributed by atoms with van der Waals surface area (Å²) in [6, 6.07) is 13.3. The summed E-state index contributed by atoms with van der Waals surface area (Å²) in [5.41, 5.74) is 2.17. The summed E-state index contributed by atoms with van der Waals surface area (Å²) in [5, 5.41) is 11.9. The number of hydrogen-bond acceptors (Lipinski definition) is 3. The van der Waals surface area contributed by atoms with E-state index in [0.29, 0.717) is 5.76 Å². The van der Waals surface area contributed by atoms with Crippen LogP contribution in [0.1, 0.15) is 37.7 Å². The van der Waals surface area contributed by atoms with Gasteiger partial charge in [0.2, 0.25) is 0 Å². The van der Waals surface area contributed by atoms with Gasteiger partial charge in [-0.1, -0.05) is 45.0 Å². The lowest BCUT2D eigenvalue weighted by Gasteiger charge is -2.18. The lowest BCUT2D eigenvalue weighted by Crippen LogP contribution is -2.23. The number of rotatable bonds is 4. The van der Waals surface area contributed by atoms with Crippen molar-refractivity contribution in [1.29, 1.82) is 5.26 Å². The zero-order chi connectivity index (χ0) is 16.9. The second-order valence-corrected chi connectivity index (χ2v) is 6.30. The quantitative estimate of drug-likeness (QED) is 0.690. The van der Waals surface area contributed by atoms with Crippen LogP contribution in [0.4, 0.5) is 0 Å². The number of amides is 1. The summed E-state index contributed by atoms with van der Waals surface area (Å²) >= 11 is 0. The van der Waals surface area contributed by atoms with Crippen molar-refractivity contribution in [2.45, 2.75) is 32.7 Å². The molecule has 1 heterocycles. The van der Waals surface area contributed by atoms with Crippen LogP contribution in [0, 0.1) is 11.3 Å². The fourth-order valence-corrected chi connectivity index (χ4v) is 2.07. The molecule has 0 bridgehead atoms. The van der Waals surface area contributed by atoms with Crippen LogP contribution < -0.4 is 5.32 Å². The molecule has 0 saturated heterocycles. The SMILES string of the molecule is CC(C)(C)c1ccc(C=C(C#N)C(=O)NCc2ccco2)cc1. The second kappa shape index (κ2) is 6.97. The van der Waals surface area contributed by atoms with Crippen LogP contribution in [-0.4, -0.2) is 5.91 Å². The highest BCUT2D eigenvalue weighted by Crippen LogP contribution is 2.22. The molecule has 0 unspecified atom stereocenters. The minimum Gasteiger partial charge on any atom is -0.467 e. The van der Waals surface area contributed by atoms with Crippen LogP contribution in [0.5, 0.6) is 0 Å². The Bertz CT molecular complexity index is 727. The maximum atomic E-state index is 12.1. The molecule has 1 aromatic carbocycles. The molecule has 0 aliphatic carbocycles. The van der Waals surface area contributed by atoms with Gasteiger partial charge in [0.1, 0.15) is 17.4 Å². The van der Waals surface area contributed by atoms with Gasteiger partial charge in [-0.3, -0.25) is 4.79 Å². The molecule has 4 nitrogen and oxygen atoms in total. The normalized spacial score (nSPS) is 11.8. The minimum absolute atomic E-state index is 0.0695. The van der Waals surface area contributed by atoms with Crippen LogP contribution in [0.15, 0.2) is 52.7 Å². The highest BCUT2D eigenvalue weighted by Gasteiger charge is 2.13. The lowest BCUT2D eigenvalue weighted by atomic mass is 9.86. The fraction of sp³-hybridized carbons (Fsp3) is 0.263. The molecule has 1 amide bonds. The molecule has 0 aliphatic heterocycles. The van der Waals surface area contributed by atoms with E-state index < -0.39 is 5.91 Å². The molecule has 2 aromatic rings. The summed E-state index contributed by atoms with van der Waals surface area (Å²) in [7, 11) is 0. The fourth-order valence-electron chi connectivity index (χ4n) is 2.07. The zero-order valence-corrected chi connectivity index (χ0v) is 13.6. The Morgan fingerprint density at radius 3 is 2.48 bits per heavy atom. The molecule has 0 aliphatic rings. The number of benzene rings is 1. The first-order valence-electron chi connectivity index (χ1n) is 7.43. The first-order chi connectivity index (χ1) is 10.9. The Balaban J connectivity index is 2.08. The highest BCUT2D eigenvalue weighted by atomic mass is 16.3. The number of carbonyl (C=O) groups excluding carboxylic acids is 1. The average molecular weight is 308 g/mol. The Morgan fingerprint density at radius 2 is 1.96 bits per heavy atom. The van der Waals surface area contributed by atoms with E-state index in [1.54, 1.807) is 24.5 Å². The van der Waals surface area contributed by atoms with Crippen molar-refractivity contribution in [3.05, 3.63) is 65.1 Å². The minimum atomic E-state index is -0.413. The monoisotopic (exact) mass is 308 g/mol. The Kier molecular flexibility index (Phi) is 5.02. The maximum absolute atomic E-state index is 12.1.